The summed E-state index contributed by atoms with van der Waals surface area (Å²) in [6.45, 7) is 7.47. The summed E-state index contributed by atoms with van der Waals surface area (Å²) in [6, 6.07) is 8.18. The zero-order valence-corrected chi connectivity index (χ0v) is 17.0. The summed E-state index contributed by atoms with van der Waals surface area (Å²) in [5, 5.41) is 4.66. The highest BCUT2D eigenvalue weighted by molar-refractivity contribution is 6.10. The molecule has 0 amide bonds. The molecule has 3 nitrogen and oxygen atoms in total. The van der Waals surface area contributed by atoms with Crippen molar-refractivity contribution in [1.29, 1.82) is 0 Å². The van der Waals surface area contributed by atoms with Crippen molar-refractivity contribution in [3.63, 3.8) is 0 Å². The lowest BCUT2D eigenvalue weighted by Crippen LogP contribution is -2.29. The van der Waals surface area contributed by atoms with Gasteiger partial charge in [0.1, 0.15) is 0 Å². The molecular weight excluding hydrogens is 344 g/mol. The molecule has 0 bridgehead atoms. The standard InChI is InChI=1S/C22H30N2O.ClH/c1-4-5-6-7-10-13-23-21-16-11-8-9-12-17(16)24-18-14-22(2,3)15-19(25)20(18)21;/h8-9,11-12H,4-7,10,13-15H2,1-3H3,(H,23,24);1H. The second-order valence-corrected chi connectivity index (χ2v) is 8.11. The number of nitrogens with one attached hydrogen (secondary N) is 1. The number of Topliss-reactive ketones (excluding diaryl/α,β-unsaturated/α-hetero) is 1. The molecule has 0 aliphatic heterocycles. The Kier molecular flexibility index (Phi) is 7.05. The first-order valence-electron chi connectivity index (χ1n) is 9.70. The summed E-state index contributed by atoms with van der Waals surface area (Å²) in [4.78, 5) is 17.7. The van der Waals surface area contributed by atoms with Crippen LogP contribution in [0.1, 0.15) is 75.3 Å². The Hall–Kier alpha value is -1.61. The Morgan fingerprint density at radius 1 is 1.08 bits per heavy atom. The van der Waals surface area contributed by atoms with Gasteiger partial charge < -0.3 is 5.32 Å². The van der Waals surface area contributed by atoms with Crippen molar-refractivity contribution in [1.82, 2.24) is 4.98 Å². The van der Waals surface area contributed by atoms with Crippen molar-refractivity contribution in [3.8, 4) is 0 Å². The van der Waals surface area contributed by atoms with E-state index in [4.69, 9.17) is 4.98 Å². The van der Waals surface area contributed by atoms with E-state index in [2.05, 4.69) is 32.2 Å². The molecule has 1 N–H and O–H groups in total. The fourth-order valence-electron chi connectivity index (χ4n) is 3.86. The van der Waals surface area contributed by atoms with Crippen LogP contribution in [0.5, 0.6) is 0 Å². The number of fused-ring (bicyclic) bond motifs is 2. The van der Waals surface area contributed by atoms with Crippen molar-refractivity contribution in [3.05, 3.63) is 35.5 Å². The highest BCUT2D eigenvalue weighted by Gasteiger charge is 2.34. The summed E-state index contributed by atoms with van der Waals surface area (Å²) in [5.74, 6) is 0.234. The lowest BCUT2D eigenvalue weighted by atomic mass is 9.75. The number of carbonyl (C=O) groups is 1. The van der Waals surface area contributed by atoms with Crippen LogP contribution in [0.2, 0.25) is 0 Å². The summed E-state index contributed by atoms with van der Waals surface area (Å²) in [7, 11) is 0. The number of anilines is 1. The summed E-state index contributed by atoms with van der Waals surface area (Å²) in [5.41, 5.74) is 3.80. The van der Waals surface area contributed by atoms with Crippen molar-refractivity contribution < 1.29 is 4.79 Å². The van der Waals surface area contributed by atoms with Crippen LogP contribution in [0, 0.1) is 5.41 Å². The van der Waals surface area contributed by atoms with Crippen molar-refractivity contribution >= 4 is 34.8 Å². The molecule has 0 radical (unpaired) electrons. The van der Waals surface area contributed by atoms with Crippen LogP contribution in [0.25, 0.3) is 10.9 Å². The maximum atomic E-state index is 12.9. The second-order valence-electron chi connectivity index (χ2n) is 8.11. The predicted octanol–water partition coefficient (Wildman–Crippen LogP) is 6.19. The molecule has 4 heteroatoms. The Labute approximate surface area is 163 Å². The van der Waals surface area contributed by atoms with E-state index in [1.807, 2.05) is 18.2 Å². The van der Waals surface area contributed by atoms with Gasteiger partial charge in [-0.1, -0.05) is 64.7 Å². The van der Waals surface area contributed by atoms with E-state index in [1.165, 1.54) is 25.7 Å². The maximum absolute atomic E-state index is 12.9. The molecule has 142 valence electrons. The van der Waals surface area contributed by atoms with Gasteiger partial charge in [-0.15, -0.1) is 12.4 Å². The van der Waals surface area contributed by atoms with Crippen LogP contribution in [-0.2, 0) is 6.42 Å². The van der Waals surface area contributed by atoms with Gasteiger partial charge >= 0.3 is 0 Å². The molecule has 0 atom stereocenters. The number of benzene rings is 1. The predicted molar refractivity (Wildman–Crippen MR) is 113 cm³/mol. The fourth-order valence-corrected chi connectivity index (χ4v) is 3.86. The van der Waals surface area contributed by atoms with Crippen LogP contribution >= 0.6 is 12.4 Å². The molecular formula is C22H31ClN2O. The van der Waals surface area contributed by atoms with Gasteiger partial charge in [-0.3, -0.25) is 9.78 Å². The molecule has 3 rings (SSSR count). The number of carbonyl (C=O) groups excluding carboxylic acids is 1. The SMILES string of the molecule is CCCCCCCNc1c2c(nc3ccccc13)CC(C)(C)CC2=O.Cl. The van der Waals surface area contributed by atoms with Crippen LogP contribution in [0.4, 0.5) is 5.69 Å². The average molecular weight is 375 g/mol. The van der Waals surface area contributed by atoms with Gasteiger partial charge in [0.15, 0.2) is 5.78 Å². The average Bonchev–Trinajstić information content (AvgIpc) is 2.55. The maximum Gasteiger partial charge on any atom is 0.167 e. The molecule has 0 unspecified atom stereocenters. The van der Waals surface area contributed by atoms with E-state index < -0.39 is 0 Å². The van der Waals surface area contributed by atoms with Crippen molar-refractivity contribution in [2.75, 3.05) is 11.9 Å². The molecule has 26 heavy (non-hydrogen) atoms. The Morgan fingerprint density at radius 2 is 1.81 bits per heavy atom. The third-order valence-corrected chi connectivity index (χ3v) is 5.11. The lowest BCUT2D eigenvalue weighted by molar-refractivity contribution is 0.0911. The summed E-state index contributed by atoms with van der Waals surface area (Å²) < 4.78 is 0. The quantitative estimate of drug-likeness (QED) is 0.587. The monoisotopic (exact) mass is 374 g/mol. The molecule has 1 heterocycles. The van der Waals surface area contributed by atoms with Gasteiger partial charge in [-0.05, 0) is 24.3 Å². The van der Waals surface area contributed by atoms with E-state index in [0.29, 0.717) is 6.42 Å². The van der Waals surface area contributed by atoms with Crippen LogP contribution < -0.4 is 5.32 Å². The van der Waals surface area contributed by atoms with Crippen molar-refractivity contribution in [2.45, 2.75) is 65.7 Å². The van der Waals surface area contributed by atoms with Crippen LogP contribution in [0.15, 0.2) is 24.3 Å². The van der Waals surface area contributed by atoms with Gasteiger partial charge in [-0.25, -0.2) is 0 Å². The third-order valence-electron chi connectivity index (χ3n) is 5.11. The zero-order valence-electron chi connectivity index (χ0n) is 16.2. The highest BCUT2D eigenvalue weighted by atomic mass is 35.5. The Morgan fingerprint density at radius 3 is 2.58 bits per heavy atom. The topological polar surface area (TPSA) is 42.0 Å². The molecule has 0 spiro atoms. The molecule has 1 aromatic carbocycles. The van der Waals surface area contributed by atoms with E-state index in [-0.39, 0.29) is 23.6 Å². The number of hydrogen-bond acceptors (Lipinski definition) is 3. The van der Waals surface area contributed by atoms with Crippen molar-refractivity contribution in [2.24, 2.45) is 5.41 Å². The minimum absolute atomic E-state index is 0. The number of unbranched alkanes of at least 4 members (excludes halogenated alkanes) is 4. The smallest absolute Gasteiger partial charge is 0.167 e. The fraction of sp³-hybridized carbons (Fsp3) is 0.545. The normalized spacial score (nSPS) is 15.4. The molecule has 1 aromatic heterocycles. The first-order valence-corrected chi connectivity index (χ1v) is 9.70. The Balaban J connectivity index is 0.00000243. The van der Waals surface area contributed by atoms with Crippen LogP contribution in [-0.4, -0.2) is 17.3 Å². The third kappa shape index (κ3) is 4.56. The number of rotatable bonds is 7. The van der Waals surface area contributed by atoms with Gasteiger partial charge in [0.2, 0.25) is 0 Å². The number of aromatic nitrogens is 1. The minimum Gasteiger partial charge on any atom is -0.384 e. The molecule has 1 aliphatic rings. The number of ketones is 1. The second kappa shape index (κ2) is 8.85. The molecule has 0 saturated heterocycles. The van der Waals surface area contributed by atoms with Crippen LogP contribution in [0.3, 0.4) is 0 Å². The van der Waals surface area contributed by atoms with Gasteiger partial charge in [0, 0.05) is 18.4 Å². The Bertz CT molecular complexity index is 770. The summed E-state index contributed by atoms with van der Waals surface area (Å²) in [6.07, 6.45) is 7.72. The highest BCUT2D eigenvalue weighted by Crippen LogP contribution is 2.39. The number of halogens is 1. The number of hydrogen-bond donors (Lipinski definition) is 1. The molecule has 2 aromatic rings. The first-order chi connectivity index (χ1) is 12.0. The van der Waals surface area contributed by atoms with Gasteiger partial charge in [0.05, 0.1) is 22.5 Å². The van der Waals surface area contributed by atoms with E-state index in [9.17, 15) is 4.79 Å². The van der Waals surface area contributed by atoms with E-state index >= 15 is 0 Å². The summed E-state index contributed by atoms with van der Waals surface area (Å²) >= 11 is 0. The molecule has 1 aliphatic carbocycles. The first kappa shape index (κ1) is 20.7. The molecule has 0 saturated carbocycles. The van der Waals surface area contributed by atoms with E-state index in [0.717, 1.165) is 47.2 Å². The van der Waals surface area contributed by atoms with E-state index in [1.54, 1.807) is 0 Å². The minimum atomic E-state index is -0.00301. The lowest BCUT2D eigenvalue weighted by Gasteiger charge is -2.31. The number of nitrogens with zero attached hydrogens (tertiary/aromatic N) is 1. The zero-order chi connectivity index (χ0) is 17.9. The van der Waals surface area contributed by atoms with Gasteiger partial charge in [-0.2, -0.15) is 0 Å². The molecule has 0 fully saturated rings. The number of pyridine rings is 1. The van der Waals surface area contributed by atoms with Gasteiger partial charge in [0.25, 0.3) is 0 Å². The number of para-hydroxylation sites is 1. The largest absolute Gasteiger partial charge is 0.384 e.